The normalized spacial score (nSPS) is 20.9. The third kappa shape index (κ3) is 3.85. The number of aromatic amines is 1. The van der Waals surface area contributed by atoms with Crippen molar-refractivity contribution in [2.24, 2.45) is 5.92 Å². The molecular weight excluding hydrogens is 501 g/mol. The SMILES string of the molecule is O=C(c1cnc2[nH]ncc2c1)c1cccc2c1C1(CCNCC1)C(=O)N2CC(=O)N1CC[C@@H](C(F)(F)F)C1. The van der Waals surface area contributed by atoms with Gasteiger partial charge in [0.2, 0.25) is 11.8 Å². The molecule has 2 N–H and O–H groups in total. The van der Waals surface area contributed by atoms with Crippen LogP contribution in [0.1, 0.15) is 40.7 Å². The second kappa shape index (κ2) is 8.90. The first-order valence-corrected chi connectivity index (χ1v) is 12.5. The molecule has 6 rings (SSSR count). The minimum atomic E-state index is -4.37. The molecule has 0 aliphatic carbocycles. The van der Waals surface area contributed by atoms with E-state index in [1.54, 1.807) is 30.5 Å². The van der Waals surface area contributed by atoms with Gasteiger partial charge < -0.3 is 15.1 Å². The van der Waals surface area contributed by atoms with Gasteiger partial charge in [-0.15, -0.1) is 0 Å². The smallest absolute Gasteiger partial charge is 0.341 e. The van der Waals surface area contributed by atoms with Crippen LogP contribution < -0.4 is 10.2 Å². The highest BCUT2D eigenvalue weighted by Crippen LogP contribution is 2.49. The number of pyridine rings is 1. The van der Waals surface area contributed by atoms with Crippen LogP contribution in [0.2, 0.25) is 0 Å². The van der Waals surface area contributed by atoms with E-state index in [-0.39, 0.29) is 31.2 Å². The fraction of sp³-hybridized carbons (Fsp3) is 0.423. The number of hydrogen-bond donors (Lipinski definition) is 2. The minimum Gasteiger partial charge on any atom is -0.341 e. The number of fused-ring (bicyclic) bond motifs is 3. The van der Waals surface area contributed by atoms with Gasteiger partial charge in [-0.25, -0.2) is 4.98 Å². The fourth-order valence-corrected chi connectivity index (χ4v) is 6.01. The Kier molecular flexibility index (Phi) is 5.74. The highest BCUT2D eigenvalue weighted by molar-refractivity contribution is 6.18. The van der Waals surface area contributed by atoms with Gasteiger partial charge in [0.15, 0.2) is 11.4 Å². The number of likely N-dealkylation sites (tertiary alicyclic amines) is 1. The van der Waals surface area contributed by atoms with Crippen molar-refractivity contribution >= 4 is 34.3 Å². The molecule has 198 valence electrons. The monoisotopic (exact) mass is 526 g/mol. The number of nitrogens with zero attached hydrogens (tertiary/aromatic N) is 4. The first kappa shape index (κ1) is 24.5. The lowest BCUT2D eigenvalue weighted by atomic mass is 9.71. The lowest BCUT2D eigenvalue weighted by Crippen LogP contribution is -2.50. The average Bonchev–Trinajstić information content (AvgIpc) is 3.64. The van der Waals surface area contributed by atoms with E-state index < -0.39 is 30.0 Å². The summed E-state index contributed by atoms with van der Waals surface area (Å²) in [7, 11) is 0. The van der Waals surface area contributed by atoms with Crippen LogP contribution in [0.25, 0.3) is 11.0 Å². The van der Waals surface area contributed by atoms with Gasteiger partial charge in [-0.3, -0.25) is 19.5 Å². The van der Waals surface area contributed by atoms with Gasteiger partial charge in [-0.1, -0.05) is 12.1 Å². The number of nitrogens with one attached hydrogen (secondary N) is 2. The quantitative estimate of drug-likeness (QED) is 0.506. The summed E-state index contributed by atoms with van der Waals surface area (Å²) >= 11 is 0. The van der Waals surface area contributed by atoms with Gasteiger partial charge in [-0.2, -0.15) is 18.3 Å². The predicted molar refractivity (Wildman–Crippen MR) is 131 cm³/mol. The van der Waals surface area contributed by atoms with Gasteiger partial charge in [0.1, 0.15) is 6.54 Å². The van der Waals surface area contributed by atoms with Crippen molar-refractivity contribution < 1.29 is 27.6 Å². The van der Waals surface area contributed by atoms with Crippen LogP contribution in [0, 0.1) is 5.92 Å². The molecule has 0 bridgehead atoms. The molecule has 2 amide bonds. The molecule has 0 unspecified atom stereocenters. The van der Waals surface area contributed by atoms with Crippen molar-refractivity contribution in [2.45, 2.75) is 30.9 Å². The number of alkyl halides is 3. The summed E-state index contributed by atoms with van der Waals surface area (Å²) in [6.45, 7) is 0.323. The molecule has 3 aliphatic heterocycles. The largest absolute Gasteiger partial charge is 0.393 e. The Bertz CT molecular complexity index is 1450. The number of hydrogen-bond acceptors (Lipinski definition) is 6. The number of aromatic nitrogens is 3. The molecule has 2 aromatic heterocycles. The number of rotatable bonds is 4. The molecular formula is C26H25F3N6O3. The standard InChI is InChI=1S/C26H25F3N6O3/c27-26(28,29)17-4-9-34(13-17)20(36)14-35-19-3-1-2-18(21(19)25(24(35)38)5-7-30-8-6-25)22(37)15-10-16-12-32-33-23(16)31-11-15/h1-3,10-12,17,30H,4-9,13-14H2,(H,31,32,33)/t17-/m1/s1. The maximum atomic E-state index is 14.0. The number of carbonyl (C=O) groups excluding carboxylic acids is 3. The molecule has 3 aliphatic rings. The summed E-state index contributed by atoms with van der Waals surface area (Å²) in [6.07, 6.45) is -0.614. The van der Waals surface area contributed by atoms with E-state index in [1.807, 2.05) is 0 Å². The molecule has 2 fully saturated rings. The number of halogens is 3. The molecule has 12 heteroatoms. The lowest BCUT2D eigenvalue weighted by Gasteiger charge is -2.34. The maximum Gasteiger partial charge on any atom is 0.393 e. The van der Waals surface area contributed by atoms with Crippen molar-refractivity contribution in [3.05, 3.63) is 53.3 Å². The molecule has 9 nitrogen and oxygen atoms in total. The molecule has 0 radical (unpaired) electrons. The zero-order chi connectivity index (χ0) is 26.7. The number of H-pyrrole nitrogens is 1. The molecule has 1 spiro atoms. The summed E-state index contributed by atoms with van der Waals surface area (Å²) in [5.41, 5.74) is 1.28. The Hall–Kier alpha value is -3.80. The van der Waals surface area contributed by atoms with Crippen molar-refractivity contribution in [3.8, 4) is 0 Å². The minimum absolute atomic E-state index is 0.00498. The van der Waals surface area contributed by atoms with Crippen LogP contribution in [-0.4, -0.2) is 76.6 Å². The summed E-state index contributed by atoms with van der Waals surface area (Å²) in [6, 6.07) is 6.73. The molecule has 0 saturated carbocycles. The van der Waals surface area contributed by atoms with E-state index in [9.17, 15) is 27.6 Å². The molecule has 1 aromatic carbocycles. The van der Waals surface area contributed by atoms with Gasteiger partial charge in [0, 0.05) is 47.1 Å². The molecule has 38 heavy (non-hydrogen) atoms. The number of anilines is 1. The Morgan fingerprint density at radius 2 is 1.95 bits per heavy atom. The zero-order valence-electron chi connectivity index (χ0n) is 20.3. The lowest BCUT2D eigenvalue weighted by molar-refractivity contribution is -0.171. The Balaban J connectivity index is 1.36. The van der Waals surface area contributed by atoms with Crippen LogP contribution in [0.15, 0.2) is 36.7 Å². The van der Waals surface area contributed by atoms with Crippen LogP contribution in [0.3, 0.4) is 0 Å². The summed E-state index contributed by atoms with van der Waals surface area (Å²) in [5, 5.41) is 10.6. The molecule has 2 saturated heterocycles. The van der Waals surface area contributed by atoms with Crippen LogP contribution in [0.5, 0.6) is 0 Å². The number of carbonyl (C=O) groups is 3. The van der Waals surface area contributed by atoms with E-state index in [2.05, 4.69) is 20.5 Å². The molecule has 1 atom stereocenters. The first-order valence-electron chi connectivity index (χ1n) is 12.5. The van der Waals surface area contributed by atoms with E-state index in [0.717, 1.165) is 0 Å². The van der Waals surface area contributed by atoms with Gasteiger partial charge in [0.05, 0.1) is 17.5 Å². The molecule has 5 heterocycles. The maximum absolute atomic E-state index is 14.0. The van der Waals surface area contributed by atoms with Crippen molar-refractivity contribution in [3.63, 3.8) is 0 Å². The van der Waals surface area contributed by atoms with E-state index in [0.29, 0.717) is 59.3 Å². The fourth-order valence-electron chi connectivity index (χ4n) is 6.01. The van der Waals surface area contributed by atoms with Gasteiger partial charge in [-0.05, 0) is 44.5 Å². The first-order chi connectivity index (χ1) is 18.2. The third-order valence-corrected chi connectivity index (χ3v) is 8.02. The Labute approximate surface area is 215 Å². The molecule has 3 aromatic rings. The number of ketones is 1. The summed E-state index contributed by atoms with van der Waals surface area (Å²) in [4.78, 5) is 47.7. The van der Waals surface area contributed by atoms with Crippen molar-refractivity contribution in [1.82, 2.24) is 25.4 Å². The Morgan fingerprint density at radius 3 is 2.68 bits per heavy atom. The number of piperidine rings is 1. The van der Waals surface area contributed by atoms with E-state index >= 15 is 0 Å². The van der Waals surface area contributed by atoms with Crippen LogP contribution in [-0.2, 0) is 15.0 Å². The third-order valence-electron chi connectivity index (χ3n) is 8.02. The highest BCUT2D eigenvalue weighted by atomic mass is 19.4. The Morgan fingerprint density at radius 1 is 1.16 bits per heavy atom. The summed E-state index contributed by atoms with van der Waals surface area (Å²) in [5.74, 6) is -2.69. The van der Waals surface area contributed by atoms with Gasteiger partial charge >= 0.3 is 6.18 Å². The van der Waals surface area contributed by atoms with Crippen molar-refractivity contribution in [2.75, 3.05) is 37.6 Å². The van der Waals surface area contributed by atoms with E-state index in [4.69, 9.17) is 0 Å². The van der Waals surface area contributed by atoms with E-state index in [1.165, 1.54) is 16.0 Å². The van der Waals surface area contributed by atoms with Gasteiger partial charge in [0.25, 0.3) is 0 Å². The summed E-state index contributed by atoms with van der Waals surface area (Å²) < 4.78 is 39.5. The predicted octanol–water partition coefficient (Wildman–Crippen LogP) is 2.57. The second-order valence-corrected chi connectivity index (χ2v) is 10.2. The van der Waals surface area contributed by atoms with Crippen LogP contribution in [0.4, 0.5) is 18.9 Å². The van der Waals surface area contributed by atoms with Crippen molar-refractivity contribution in [1.29, 1.82) is 0 Å². The number of benzene rings is 1. The second-order valence-electron chi connectivity index (χ2n) is 10.2. The topological polar surface area (TPSA) is 111 Å². The highest BCUT2D eigenvalue weighted by Gasteiger charge is 2.54. The van der Waals surface area contributed by atoms with Crippen LogP contribution >= 0.6 is 0 Å². The average molecular weight is 527 g/mol. The number of amides is 2. The zero-order valence-corrected chi connectivity index (χ0v) is 20.3.